The van der Waals surface area contributed by atoms with Crippen LogP contribution < -0.4 is 10.5 Å². The van der Waals surface area contributed by atoms with Crippen LogP contribution in [-0.4, -0.2) is 27.2 Å². The minimum atomic E-state index is -3.59. The molecular formula is C11H15ClN2O3S. The minimum Gasteiger partial charge on any atom is -0.398 e. The molecule has 7 heteroatoms. The molecule has 0 aliphatic carbocycles. The summed E-state index contributed by atoms with van der Waals surface area (Å²) in [7, 11) is -3.59. The minimum absolute atomic E-state index is 0.112. The number of nitrogens with one attached hydrogen (secondary N) is 1. The quantitative estimate of drug-likeness (QED) is 0.824. The summed E-state index contributed by atoms with van der Waals surface area (Å²) in [6.07, 6.45) is 0.548. The second kappa shape index (κ2) is 5.05. The molecule has 1 heterocycles. The Morgan fingerprint density at radius 3 is 2.78 bits per heavy atom. The molecule has 0 aromatic heterocycles. The number of benzene rings is 1. The van der Waals surface area contributed by atoms with E-state index in [-0.39, 0.29) is 22.1 Å². The number of rotatable bonds is 3. The number of sulfonamides is 1. The number of anilines is 1. The van der Waals surface area contributed by atoms with Crippen LogP contribution in [0.25, 0.3) is 0 Å². The molecule has 1 aromatic rings. The van der Waals surface area contributed by atoms with Crippen LogP contribution in [0.4, 0.5) is 5.69 Å². The number of nitrogen functional groups attached to an aromatic ring is 1. The zero-order valence-corrected chi connectivity index (χ0v) is 11.5. The van der Waals surface area contributed by atoms with Gasteiger partial charge < -0.3 is 10.5 Å². The first-order valence-corrected chi connectivity index (χ1v) is 7.45. The SMILES string of the molecule is CC1OCCC1NS(=O)(=O)c1ccc(N)c(Cl)c1. The van der Waals surface area contributed by atoms with E-state index in [1.165, 1.54) is 18.2 Å². The molecule has 2 unspecified atom stereocenters. The van der Waals surface area contributed by atoms with Crippen LogP contribution in [0.1, 0.15) is 13.3 Å². The Kier molecular flexibility index (Phi) is 3.82. The number of halogens is 1. The van der Waals surface area contributed by atoms with Gasteiger partial charge in [0.15, 0.2) is 0 Å². The Bertz CT molecular complexity index is 547. The van der Waals surface area contributed by atoms with Crippen LogP contribution >= 0.6 is 11.6 Å². The van der Waals surface area contributed by atoms with Gasteiger partial charge in [0.25, 0.3) is 0 Å². The average molecular weight is 291 g/mol. The van der Waals surface area contributed by atoms with Crippen molar-refractivity contribution in [3.63, 3.8) is 0 Å². The molecule has 0 radical (unpaired) electrons. The van der Waals surface area contributed by atoms with Crippen molar-refractivity contribution in [1.29, 1.82) is 0 Å². The molecule has 1 aliphatic heterocycles. The third-order valence-electron chi connectivity index (χ3n) is 2.96. The largest absolute Gasteiger partial charge is 0.398 e. The highest BCUT2D eigenvalue weighted by Crippen LogP contribution is 2.23. The van der Waals surface area contributed by atoms with Crippen molar-refractivity contribution in [3.05, 3.63) is 23.2 Å². The summed E-state index contributed by atoms with van der Waals surface area (Å²) in [5.74, 6) is 0. The normalized spacial score (nSPS) is 24.3. The van der Waals surface area contributed by atoms with E-state index in [4.69, 9.17) is 22.1 Å². The maximum Gasteiger partial charge on any atom is 0.240 e. The molecule has 2 rings (SSSR count). The Morgan fingerprint density at radius 2 is 2.22 bits per heavy atom. The predicted octanol–water partition coefficient (Wildman–Crippen LogP) is 1.38. The Hall–Kier alpha value is -0.820. The summed E-state index contributed by atoms with van der Waals surface area (Å²) in [5.41, 5.74) is 5.91. The first kappa shape index (κ1) is 13.6. The predicted molar refractivity (Wildman–Crippen MR) is 70.0 cm³/mol. The molecule has 0 spiro atoms. The van der Waals surface area contributed by atoms with E-state index in [1.54, 1.807) is 0 Å². The lowest BCUT2D eigenvalue weighted by molar-refractivity contribution is 0.117. The van der Waals surface area contributed by atoms with Gasteiger partial charge in [-0.25, -0.2) is 13.1 Å². The third kappa shape index (κ3) is 2.77. The van der Waals surface area contributed by atoms with E-state index in [0.717, 1.165) is 0 Å². The van der Waals surface area contributed by atoms with Crippen LogP contribution in [0.15, 0.2) is 23.1 Å². The van der Waals surface area contributed by atoms with Crippen LogP contribution in [0.2, 0.25) is 5.02 Å². The summed E-state index contributed by atoms with van der Waals surface area (Å²) in [4.78, 5) is 0.112. The molecule has 1 aromatic carbocycles. The highest BCUT2D eigenvalue weighted by Gasteiger charge is 2.29. The van der Waals surface area contributed by atoms with Gasteiger partial charge in [-0.2, -0.15) is 0 Å². The van der Waals surface area contributed by atoms with E-state index >= 15 is 0 Å². The van der Waals surface area contributed by atoms with Crippen molar-refractivity contribution in [2.24, 2.45) is 0 Å². The molecule has 5 nitrogen and oxygen atoms in total. The Morgan fingerprint density at radius 1 is 1.50 bits per heavy atom. The first-order valence-electron chi connectivity index (χ1n) is 5.59. The van der Waals surface area contributed by atoms with Crippen molar-refractivity contribution in [2.45, 2.75) is 30.4 Å². The zero-order valence-electron chi connectivity index (χ0n) is 9.89. The lowest BCUT2D eigenvalue weighted by Crippen LogP contribution is -2.39. The van der Waals surface area contributed by atoms with E-state index in [0.29, 0.717) is 18.7 Å². The van der Waals surface area contributed by atoms with E-state index in [2.05, 4.69) is 4.72 Å². The number of hydrogen-bond donors (Lipinski definition) is 2. The van der Waals surface area contributed by atoms with Gasteiger partial charge in [0.1, 0.15) is 0 Å². The molecule has 0 amide bonds. The fourth-order valence-corrected chi connectivity index (χ4v) is 3.44. The van der Waals surface area contributed by atoms with Crippen molar-refractivity contribution in [2.75, 3.05) is 12.3 Å². The van der Waals surface area contributed by atoms with E-state index in [1.807, 2.05) is 6.92 Å². The van der Waals surface area contributed by atoms with Crippen LogP contribution in [-0.2, 0) is 14.8 Å². The van der Waals surface area contributed by atoms with Crippen LogP contribution in [0, 0.1) is 0 Å². The smallest absolute Gasteiger partial charge is 0.240 e. The average Bonchev–Trinajstić information content (AvgIpc) is 2.67. The van der Waals surface area contributed by atoms with Crippen molar-refractivity contribution in [3.8, 4) is 0 Å². The maximum absolute atomic E-state index is 12.1. The Labute approximate surface area is 111 Å². The number of ether oxygens (including phenoxy) is 1. The highest BCUT2D eigenvalue weighted by molar-refractivity contribution is 7.89. The van der Waals surface area contributed by atoms with Crippen molar-refractivity contribution < 1.29 is 13.2 Å². The number of nitrogens with two attached hydrogens (primary N) is 1. The number of hydrogen-bond acceptors (Lipinski definition) is 4. The van der Waals surface area contributed by atoms with Gasteiger partial charge in [0.05, 0.1) is 27.8 Å². The molecule has 100 valence electrons. The monoisotopic (exact) mass is 290 g/mol. The molecule has 1 saturated heterocycles. The standard InChI is InChI=1S/C11H15ClN2O3S/c1-7-11(4-5-17-7)14-18(15,16)8-2-3-10(13)9(12)6-8/h2-3,6-7,11,14H,4-5,13H2,1H3. The van der Waals surface area contributed by atoms with E-state index < -0.39 is 10.0 Å². The lowest BCUT2D eigenvalue weighted by atomic mass is 10.2. The third-order valence-corrected chi connectivity index (χ3v) is 4.78. The van der Waals surface area contributed by atoms with Gasteiger partial charge in [-0.15, -0.1) is 0 Å². The van der Waals surface area contributed by atoms with Gasteiger partial charge in [-0.1, -0.05) is 11.6 Å². The summed E-state index contributed by atoms with van der Waals surface area (Å²) < 4.78 is 32.2. The Balaban J connectivity index is 2.22. The second-order valence-corrected chi connectivity index (χ2v) is 6.40. The summed E-state index contributed by atoms with van der Waals surface area (Å²) in [5, 5.41) is 0.230. The molecule has 2 atom stereocenters. The van der Waals surface area contributed by atoms with E-state index in [9.17, 15) is 8.42 Å². The molecule has 0 saturated carbocycles. The van der Waals surface area contributed by atoms with Crippen LogP contribution in [0.3, 0.4) is 0 Å². The first-order chi connectivity index (χ1) is 8.40. The summed E-state index contributed by atoms with van der Waals surface area (Å²) in [6.45, 7) is 2.41. The topological polar surface area (TPSA) is 81.4 Å². The molecule has 1 aliphatic rings. The van der Waals surface area contributed by atoms with Gasteiger partial charge in [-0.3, -0.25) is 0 Å². The van der Waals surface area contributed by atoms with Crippen molar-refractivity contribution in [1.82, 2.24) is 4.72 Å². The summed E-state index contributed by atoms with van der Waals surface area (Å²) in [6, 6.07) is 4.06. The maximum atomic E-state index is 12.1. The van der Waals surface area contributed by atoms with Gasteiger partial charge in [0, 0.05) is 6.61 Å². The van der Waals surface area contributed by atoms with Gasteiger partial charge >= 0.3 is 0 Å². The molecular weight excluding hydrogens is 276 g/mol. The molecule has 0 bridgehead atoms. The fourth-order valence-electron chi connectivity index (χ4n) is 1.83. The molecule has 3 N–H and O–H groups in total. The van der Waals surface area contributed by atoms with Crippen molar-refractivity contribution >= 4 is 27.3 Å². The fraction of sp³-hybridized carbons (Fsp3) is 0.455. The van der Waals surface area contributed by atoms with Crippen LogP contribution in [0.5, 0.6) is 0 Å². The second-order valence-electron chi connectivity index (χ2n) is 4.28. The molecule has 18 heavy (non-hydrogen) atoms. The highest BCUT2D eigenvalue weighted by atomic mass is 35.5. The zero-order chi connectivity index (χ0) is 13.3. The summed E-state index contributed by atoms with van der Waals surface area (Å²) >= 11 is 5.82. The molecule has 1 fully saturated rings. The lowest BCUT2D eigenvalue weighted by Gasteiger charge is -2.16. The van der Waals surface area contributed by atoms with Gasteiger partial charge in [-0.05, 0) is 31.5 Å². The van der Waals surface area contributed by atoms with Gasteiger partial charge in [0.2, 0.25) is 10.0 Å².